The summed E-state index contributed by atoms with van der Waals surface area (Å²) in [4.78, 5) is 0. The van der Waals surface area contributed by atoms with Crippen molar-refractivity contribution in [2.45, 2.75) is 25.7 Å². The van der Waals surface area contributed by atoms with Crippen molar-refractivity contribution in [3.8, 4) is 11.5 Å². The highest BCUT2D eigenvalue weighted by atomic mass is 19.1. The summed E-state index contributed by atoms with van der Waals surface area (Å²) in [7, 11) is 1.68. The van der Waals surface area contributed by atoms with Crippen LogP contribution in [0.4, 0.5) is 4.39 Å². The fourth-order valence-electron chi connectivity index (χ4n) is 2.62. The monoisotopic (exact) mass is 317 g/mol. The van der Waals surface area contributed by atoms with Crippen molar-refractivity contribution in [2.24, 2.45) is 5.73 Å². The lowest BCUT2D eigenvalue weighted by atomic mass is 9.92. The molecule has 2 rings (SSSR count). The van der Waals surface area contributed by atoms with Gasteiger partial charge in [-0.2, -0.15) is 0 Å². The number of nitrogens with two attached hydrogens (primary N) is 1. The first-order chi connectivity index (χ1) is 11.1. The third-order valence-corrected chi connectivity index (χ3v) is 3.89. The highest BCUT2D eigenvalue weighted by Crippen LogP contribution is 2.30. The maximum Gasteiger partial charge on any atom is 0.123 e. The highest BCUT2D eigenvalue weighted by molar-refractivity contribution is 5.39. The molecular weight excluding hydrogens is 293 g/mol. The largest absolute Gasteiger partial charge is 0.496 e. The maximum absolute atomic E-state index is 12.8. The van der Waals surface area contributed by atoms with Crippen molar-refractivity contribution in [1.29, 1.82) is 0 Å². The second-order valence-electron chi connectivity index (χ2n) is 5.62. The van der Waals surface area contributed by atoms with Crippen LogP contribution in [0.2, 0.25) is 0 Å². The second kappa shape index (κ2) is 8.53. The average Bonchev–Trinajstić information content (AvgIpc) is 2.56. The van der Waals surface area contributed by atoms with E-state index in [4.69, 9.17) is 15.2 Å². The first kappa shape index (κ1) is 17.3. The van der Waals surface area contributed by atoms with Crippen LogP contribution in [0.5, 0.6) is 11.5 Å². The van der Waals surface area contributed by atoms with Crippen LogP contribution >= 0.6 is 0 Å². The topological polar surface area (TPSA) is 44.5 Å². The SMILES string of the molecule is COc1ccc(C)cc1C(CN)CCCOc1ccc(F)cc1. The van der Waals surface area contributed by atoms with Crippen molar-refractivity contribution in [3.05, 3.63) is 59.4 Å². The average molecular weight is 317 g/mol. The molecule has 0 spiro atoms. The zero-order valence-corrected chi connectivity index (χ0v) is 13.7. The van der Waals surface area contributed by atoms with Gasteiger partial charge in [0.05, 0.1) is 13.7 Å². The molecule has 124 valence electrons. The van der Waals surface area contributed by atoms with E-state index in [1.807, 2.05) is 12.1 Å². The summed E-state index contributed by atoms with van der Waals surface area (Å²) < 4.78 is 23.9. The van der Waals surface area contributed by atoms with Gasteiger partial charge in [-0.05, 0) is 68.1 Å². The Kier molecular flexibility index (Phi) is 6.41. The number of aryl methyl sites for hydroxylation is 1. The predicted octanol–water partition coefficient (Wildman–Crippen LogP) is 4.04. The molecule has 4 heteroatoms. The van der Waals surface area contributed by atoms with E-state index in [9.17, 15) is 4.39 Å². The van der Waals surface area contributed by atoms with Crippen molar-refractivity contribution in [2.75, 3.05) is 20.3 Å². The summed E-state index contributed by atoms with van der Waals surface area (Å²) >= 11 is 0. The number of halogens is 1. The number of methoxy groups -OCH3 is 1. The van der Waals surface area contributed by atoms with Gasteiger partial charge < -0.3 is 15.2 Å². The van der Waals surface area contributed by atoms with Crippen LogP contribution < -0.4 is 15.2 Å². The molecule has 2 N–H and O–H groups in total. The number of benzene rings is 2. The molecule has 2 aromatic rings. The van der Waals surface area contributed by atoms with E-state index in [1.54, 1.807) is 19.2 Å². The third kappa shape index (κ3) is 4.96. The van der Waals surface area contributed by atoms with Gasteiger partial charge in [0.15, 0.2) is 0 Å². The lowest BCUT2D eigenvalue weighted by Crippen LogP contribution is -2.15. The lowest BCUT2D eigenvalue weighted by Gasteiger charge is -2.19. The van der Waals surface area contributed by atoms with E-state index in [1.165, 1.54) is 17.7 Å². The Morgan fingerprint density at radius 2 is 1.87 bits per heavy atom. The summed E-state index contributed by atoms with van der Waals surface area (Å²) in [6, 6.07) is 12.2. The van der Waals surface area contributed by atoms with Crippen LogP contribution in [0.1, 0.15) is 29.9 Å². The molecule has 0 saturated heterocycles. The van der Waals surface area contributed by atoms with E-state index < -0.39 is 0 Å². The molecule has 0 amide bonds. The smallest absolute Gasteiger partial charge is 0.123 e. The number of hydrogen-bond acceptors (Lipinski definition) is 3. The van der Waals surface area contributed by atoms with E-state index >= 15 is 0 Å². The fourth-order valence-corrected chi connectivity index (χ4v) is 2.62. The minimum atomic E-state index is -0.257. The first-order valence-electron chi connectivity index (χ1n) is 7.87. The first-order valence-corrected chi connectivity index (χ1v) is 7.87. The summed E-state index contributed by atoms with van der Waals surface area (Å²) in [5.74, 6) is 1.54. The molecule has 23 heavy (non-hydrogen) atoms. The molecule has 0 aromatic heterocycles. The number of rotatable bonds is 8. The van der Waals surface area contributed by atoms with Gasteiger partial charge in [-0.15, -0.1) is 0 Å². The molecular formula is C19H24FNO2. The summed E-state index contributed by atoms with van der Waals surface area (Å²) in [6.45, 7) is 3.21. The molecule has 0 fully saturated rings. The normalized spacial score (nSPS) is 12.0. The van der Waals surface area contributed by atoms with Gasteiger partial charge in [-0.1, -0.05) is 17.7 Å². The van der Waals surface area contributed by atoms with E-state index in [0.717, 1.165) is 24.2 Å². The minimum Gasteiger partial charge on any atom is -0.496 e. The number of hydrogen-bond donors (Lipinski definition) is 1. The standard InChI is InChI=1S/C19H24FNO2/c1-14-5-10-19(22-2)18(12-14)15(13-21)4-3-11-23-17-8-6-16(20)7-9-17/h5-10,12,15H,3-4,11,13,21H2,1-2H3. The highest BCUT2D eigenvalue weighted by Gasteiger charge is 2.15. The molecule has 0 radical (unpaired) electrons. The molecule has 0 heterocycles. The summed E-state index contributed by atoms with van der Waals surface area (Å²) in [5, 5.41) is 0. The Labute approximate surface area is 137 Å². The van der Waals surface area contributed by atoms with Gasteiger partial charge >= 0.3 is 0 Å². The van der Waals surface area contributed by atoms with E-state index in [2.05, 4.69) is 13.0 Å². The molecule has 0 aliphatic rings. The van der Waals surface area contributed by atoms with Gasteiger partial charge in [-0.25, -0.2) is 4.39 Å². The molecule has 1 atom stereocenters. The van der Waals surface area contributed by atoms with Gasteiger partial charge in [0, 0.05) is 0 Å². The Hall–Kier alpha value is -2.07. The Morgan fingerprint density at radius 3 is 2.52 bits per heavy atom. The molecule has 0 aliphatic heterocycles. The van der Waals surface area contributed by atoms with Crippen molar-refractivity contribution < 1.29 is 13.9 Å². The van der Waals surface area contributed by atoms with Gasteiger partial charge in [0.25, 0.3) is 0 Å². The van der Waals surface area contributed by atoms with Crippen LogP contribution in [0.15, 0.2) is 42.5 Å². The number of ether oxygens (including phenoxy) is 2. The van der Waals surface area contributed by atoms with E-state index in [-0.39, 0.29) is 11.7 Å². The van der Waals surface area contributed by atoms with Gasteiger partial charge in [0.2, 0.25) is 0 Å². The lowest BCUT2D eigenvalue weighted by molar-refractivity contribution is 0.300. The molecule has 0 bridgehead atoms. The van der Waals surface area contributed by atoms with Crippen molar-refractivity contribution >= 4 is 0 Å². The molecule has 0 saturated carbocycles. The molecule has 0 aliphatic carbocycles. The van der Waals surface area contributed by atoms with Crippen LogP contribution in [-0.2, 0) is 0 Å². The van der Waals surface area contributed by atoms with Crippen LogP contribution in [-0.4, -0.2) is 20.3 Å². The summed E-state index contributed by atoms with van der Waals surface area (Å²) in [5.41, 5.74) is 8.30. The van der Waals surface area contributed by atoms with E-state index in [0.29, 0.717) is 18.9 Å². The summed E-state index contributed by atoms with van der Waals surface area (Å²) in [6.07, 6.45) is 1.79. The third-order valence-electron chi connectivity index (χ3n) is 3.89. The van der Waals surface area contributed by atoms with Gasteiger partial charge in [0.1, 0.15) is 17.3 Å². The van der Waals surface area contributed by atoms with Crippen LogP contribution in [0.25, 0.3) is 0 Å². The Balaban J connectivity index is 1.90. The maximum atomic E-state index is 12.8. The molecule has 1 unspecified atom stereocenters. The molecule has 3 nitrogen and oxygen atoms in total. The second-order valence-corrected chi connectivity index (χ2v) is 5.62. The molecule has 2 aromatic carbocycles. The Morgan fingerprint density at radius 1 is 1.13 bits per heavy atom. The van der Waals surface area contributed by atoms with Gasteiger partial charge in [-0.3, -0.25) is 0 Å². The van der Waals surface area contributed by atoms with Crippen LogP contribution in [0.3, 0.4) is 0 Å². The predicted molar refractivity (Wildman–Crippen MR) is 90.7 cm³/mol. The Bertz CT molecular complexity index is 613. The minimum absolute atomic E-state index is 0.238. The van der Waals surface area contributed by atoms with Crippen molar-refractivity contribution in [3.63, 3.8) is 0 Å². The zero-order chi connectivity index (χ0) is 16.7. The zero-order valence-electron chi connectivity index (χ0n) is 13.7. The quantitative estimate of drug-likeness (QED) is 0.747. The van der Waals surface area contributed by atoms with Crippen LogP contribution in [0, 0.1) is 12.7 Å². The van der Waals surface area contributed by atoms with Crippen molar-refractivity contribution in [1.82, 2.24) is 0 Å². The fraction of sp³-hybridized carbons (Fsp3) is 0.368.